The van der Waals surface area contributed by atoms with E-state index in [9.17, 15) is 4.79 Å². The second-order valence-corrected chi connectivity index (χ2v) is 5.40. The van der Waals surface area contributed by atoms with Gasteiger partial charge in [0.1, 0.15) is 0 Å². The lowest BCUT2D eigenvalue weighted by Gasteiger charge is -2.15. The van der Waals surface area contributed by atoms with Crippen molar-refractivity contribution in [2.45, 2.75) is 45.8 Å². The summed E-state index contributed by atoms with van der Waals surface area (Å²) in [7, 11) is 0. The molecule has 0 radical (unpaired) electrons. The van der Waals surface area contributed by atoms with Crippen LogP contribution >= 0.6 is 24.8 Å². The van der Waals surface area contributed by atoms with Crippen LogP contribution in [-0.2, 0) is 11.3 Å². The molecule has 23 heavy (non-hydrogen) atoms. The van der Waals surface area contributed by atoms with Crippen molar-refractivity contribution in [2.75, 3.05) is 26.2 Å². The number of rotatable bonds is 7. The number of carbonyl (C=O) groups excluding carboxylic acids is 1. The van der Waals surface area contributed by atoms with Gasteiger partial charge in [-0.3, -0.25) is 9.69 Å². The molecule has 2 rings (SSSR count). The molecular formula is C14H28Cl2N6O. The molecule has 2 N–H and O–H groups in total. The van der Waals surface area contributed by atoms with E-state index in [1.165, 1.54) is 0 Å². The fraction of sp³-hybridized carbons (Fsp3) is 0.786. The summed E-state index contributed by atoms with van der Waals surface area (Å²) in [6.07, 6.45) is 2.77. The van der Waals surface area contributed by atoms with Crippen molar-refractivity contribution < 1.29 is 4.79 Å². The van der Waals surface area contributed by atoms with Crippen LogP contribution in [0.5, 0.6) is 0 Å². The highest BCUT2D eigenvalue weighted by Gasteiger charge is 2.30. The third-order valence-corrected chi connectivity index (χ3v) is 3.99. The van der Waals surface area contributed by atoms with E-state index < -0.39 is 0 Å². The average molecular weight is 367 g/mol. The molecule has 1 aliphatic rings. The van der Waals surface area contributed by atoms with Crippen LogP contribution in [0.2, 0.25) is 0 Å². The number of likely N-dealkylation sites (N-methyl/N-ethyl adjacent to an activating group) is 1. The molecule has 0 saturated carbocycles. The van der Waals surface area contributed by atoms with Crippen molar-refractivity contribution in [1.29, 1.82) is 0 Å². The molecule has 1 aromatic rings. The molecule has 2 atom stereocenters. The lowest BCUT2D eigenvalue weighted by atomic mass is 10.1. The minimum atomic E-state index is -0.120. The second-order valence-electron chi connectivity index (χ2n) is 5.40. The Labute approximate surface area is 150 Å². The molecule has 134 valence electrons. The Morgan fingerprint density at radius 3 is 2.70 bits per heavy atom. The van der Waals surface area contributed by atoms with E-state index in [-0.39, 0.29) is 42.8 Å². The summed E-state index contributed by atoms with van der Waals surface area (Å²) < 4.78 is 1.89. The third-order valence-electron chi connectivity index (χ3n) is 3.99. The van der Waals surface area contributed by atoms with Gasteiger partial charge < -0.3 is 10.6 Å². The predicted molar refractivity (Wildman–Crippen MR) is 95.3 cm³/mol. The quantitative estimate of drug-likeness (QED) is 0.752. The molecule has 1 amide bonds. The summed E-state index contributed by atoms with van der Waals surface area (Å²) in [5.41, 5.74) is 0.986. The summed E-state index contributed by atoms with van der Waals surface area (Å²) in [4.78, 5) is 14.1. The van der Waals surface area contributed by atoms with E-state index in [1.807, 2.05) is 17.8 Å². The SMILES string of the molecule is CCNC(=O)[C@@H]1C[C@@H](n2cc(CN(CC)CC)nn2)CN1.Cl.Cl. The maximum absolute atomic E-state index is 11.8. The lowest BCUT2D eigenvalue weighted by molar-refractivity contribution is -0.122. The first-order valence-electron chi connectivity index (χ1n) is 7.82. The van der Waals surface area contributed by atoms with E-state index in [1.54, 1.807) is 0 Å². The summed E-state index contributed by atoms with van der Waals surface area (Å²) in [6, 6.07) is 0.0842. The monoisotopic (exact) mass is 366 g/mol. The largest absolute Gasteiger partial charge is 0.355 e. The van der Waals surface area contributed by atoms with Crippen molar-refractivity contribution in [2.24, 2.45) is 0 Å². The Hall–Kier alpha value is -0.890. The number of amides is 1. The molecule has 1 fully saturated rings. The topological polar surface area (TPSA) is 75.1 Å². The number of nitrogens with zero attached hydrogens (tertiary/aromatic N) is 4. The van der Waals surface area contributed by atoms with Gasteiger partial charge >= 0.3 is 0 Å². The number of hydrogen-bond acceptors (Lipinski definition) is 5. The van der Waals surface area contributed by atoms with E-state index in [0.29, 0.717) is 6.54 Å². The van der Waals surface area contributed by atoms with E-state index in [4.69, 9.17) is 0 Å². The van der Waals surface area contributed by atoms with Crippen LogP contribution in [0.15, 0.2) is 6.20 Å². The van der Waals surface area contributed by atoms with Gasteiger partial charge in [-0.2, -0.15) is 0 Å². The van der Waals surface area contributed by atoms with Gasteiger partial charge in [0.2, 0.25) is 5.91 Å². The molecule has 0 aliphatic carbocycles. The van der Waals surface area contributed by atoms with Crippen LogP contribution in [0.3, 0.4) is 0 Å². The zero-order valence-electron chi connectivity index (χ0n) is 14.0. The summed E-state index contributed by atoms with van der Waals surface area (Å²) in [6.45, 7) is 10.5. The highest BCUT2D eigenvalue weighted by atomic mass is 35.5. The molecule has 9 heteroatoms. The maximum Gasteiger partial charge on any atom is 0.237 e. The Morgan fingerprint density at radius 1 is 1.39 bits per heavy atom. The van der Waals surface area contributed by atoms with Crippen molar-refractivity contribution >= 4 is 30.7 Å². The molecule has 7 nitrogen and oxygen atoms in total. The first-order valence-corrected chi connectivity index (χ1v) is 7.82. The summed E-state index contributed by atoms with van der Waals surface area (Å²) in [5, 5.41) is 14.6. The minimum Gasteiger partial charge on any atom is -0.355 e. The number of carbonyl (C=O) groups is 1. The van der Waals surface area contributed by atoms with Crippen LogP contribution in [0, 0.1) is 0 Å². The van der Waals surface area contributed by atoms with Gasteiger partial charge in [0, 0.05) is 19.6 Å². The molecule has 0 spiro atoms. The molecule has 1 aliphatic heterocycles. The Morgan fingerprint density at radius 2 is 2.09 bits per heavy atom. The zero-order chi connectivity index (χ0) is 15.2. The number of hydrogen-bond donors (Lipinski definition) is 2. The molecular weight excluding hydrogens is 339 g/mol. The smallest absolute Gasteiger partial charge is 0.237 e. The Bertz CT molecular complexity index is 466. The number of halogens is 2. The van der Waals surface area contributed by atoms with Crippen LogP contribution in [0.1, 0.15) is 38.9 Å². The standard InChI is InChI=1S/C14H26N6O.2ClH/c1-4-15-14(21)13-7-12(8-16-13)20-10-11(17-18-20)9-19(5-2)6-3;;/h10,12-13,16H,4-9H2,1-3H3,(H,15,21);2*1H/t12-,13+;;/m1../s1. The van der Waals surface area contributed by atoms with Gasteiger partial charge in [-0.05, 0) is 26.4 Å². The van der Waals surface area contributed by atoms with Gasteiger partial charge in [-0.15, -0.1) is 29.9 Å². The molecule has 1 aromatic heterocycles. The zero-order valence-corrected chi connectivity index (χ0v) is 15.6. The van der Waals surface area contributed by atoms with Crippen LogP contribution in [0.4, 0.5) is 0 Å². The van der Waals surface area contributed by atoms with Crippen molar-refractivity contribution in [1.82, 2.24) is 30.5 Å². The van der Waals surface area contributed by atoms with E-state index in [0.717, 1.165) is 38.3 Å². The average Bonchev–Trinajstić information content (AvgIpc) is 3.13. The van der Waals surface area contributed by atoms with E-state index >= 15 is 0 Å². The highest BCUT2D eigenvalue weighted by molar-refractivity contribution is 5.85. The first-order chi connectivity index (χ1) is 10.2. The lowest BCUT2D eigenvalue weighted by Crippen LogP contribution is -2.40. The molecule has 1 saturated heterocycles. The maximum atomic E-state index is 11.8. The van der Waals surface area contributed by atoms with Crippen molar-refractivity contribution in [3.05, 3.63) is 11.9 Å². The minimum absolute atomic E-state index is 0. The predicted octanol–water partition coefficient (Wildman–Crippen LogP) is 1.00. The number of aromatic nitrogens is 3. The van der Waals surface area contributed by atoms with Crippen LogP contribution in [-0.4, -0.2) is 58.0 Å². The second kappa shape index (κ2) is 10.8. The van der Waals surface area contributed by atoms with Crippen molar-refractivity contribution in [3.8, 4) is 0 Å². The molecule has 0 aromatic carbocycles. The first kappa shape index (κ1) is 22.1. The molecule has 0 bridgehead atoms. The van der Waals surface area contributed by atoms with Crippen LogP contribution in [0.25, 0.3) is 0 Å². The van der Waals surface area contributed by atoms with Gasteiger partial charge in [0.25, 0.3) is 0 Å². The Kier molecular flexibility index (Phi) is 10.4. The number of nitrogens with one attached hydrogen (secondary N) is 2. The molecule has 0 unspecified atom stereocenters. The Balaban J connectivity index is 0.00000242. The van der Waals surface area contributed by atoms with Gasteiger partial charge in [-0.25, -0.2) is 4.68 Å². The van der Waals surface area contributed by atoms with Gasteiger partial charge in [-0.1, -0.05) is 19.1 Å². The summed E-state index contributed by atoms with van der Waals surface area (Å²) >= 11 is 0. The van der Waals surface area contributed by atoms with Gasteiger partial charge in [0.05, 0.1) is 24.0 Å². The normalized spacial score (nSPS) is 20.0. The van der Waals surface area contributed by atoms with Gasteiger partial charge in [0.15, 0.2) is 0 Å². The molecule has 2 heterocycles. The third kappa shape index (κ3) is 5.91. The van der Waals surface area contributed by atoms with Crippen molar-refractivity contribution in [3.63, 3.8) is 0 Å². The highest BCUT2D eigenvalue weighted by Crippen LogP contribution is 2.19. The van der Waals surface area contributed by atoms with E-state index in [2.05, 4.69) is 39.7 Å². The summed E-state index contributed by atoms with van der Waals surface area (Å²) in [5.74, 6) is 0.0727. The fourth-order valence-electron chi connectivity index (χ4n) is 2.66. The van der Waals surface area contributed by atoms with Crippen LogP contribution < -0.4 is 10.6 Å². The fourth-order valence-corrected chi connectivity index (χ4v) is 2.66.